The van der Waals surface area contributed by atoms with Gasteiger partial charge in [0.15, 0.2) is 0 Å². The van der Waals surface area contributed by atoms with Crippen LogP contribution < -0.4 is 0 Å². The fraction of sp³-hybridized carbons (Fsp3) is 0.789. The zero-order chi connectivity index (χ0) is 14.0. The molecule has 0 heteroatoms. The van der Waals surface area contributed by atoms with Gasteiger partial charge in [-0.2, -0.15) is 0 Å². The third-order valence-electron chi connectivity index (χ3n) is 3.58. The minimum Gasteiger partial charge on any atom is -0.0845 e. The summed E-state index contributed by atoms with van der Waals surface area (Å²) in [6, 6.07) is 0. The molecule has 0 radical (unpaired) electrons. The Bertz CT molecular complexity index is 200. The Balaban J connectivity index is 3.12. The summed E-state index contributed by atoms with van der Waals surface area (Å²) in [5.74, 6) is 0. The fourth-order valence-electron chi connectivity index (χ4n) is 2.26. The molecule has 0 aromatic heterocycles. The van der Waals surface area contributed by atoms with Crippen LogP contribution in [0.15, 0.2) is 24.3 Å². The van der Waals surface area contributed by atoms with E-state index in [1.54, 1.807) is 0 Å². The summed E-state index contributed by atoms with van der Waals surface area (Å²) >= 11 is 0. The van der Waals surface area contributed by atoms with Crippen LogP contribution in [-0.2, 0) is 0 Å². The monoisotopic (exact) mass is 264 g/mol. The van der Waals surface area contributed by atoms with Crippen molar-refractivity contribution in [1.29, 1.82) is 0 Å². The van der Waals surface area contributed by atoms with Gasteiger partial charge in [0.1, 0.15) is 0 Å². The Kier molecular flexibility index (Phi) is 17.0. The lowest BCUT2D eigenvalue weighted by molar-refractivity contribution is 0.577. The summed E-state index contributed by atoms with van der Waals surface area (Å²) in [5, 5.41) is 0. The standard InChI is InChI=1S/C19H36/c1-3-5-7-9-11-13-15-17-19-18-16-14-12-10-8-6-4-2/h11,13,15,17H,3-10,12,14,16,18-19H2,1-2H3. The summed E-state index contributed by atoms with van der Waals surface area (Å²) < 4.78 is 0. The average Bonchev–Trinajstić information content (AvgIpc) is 2.43. The molecule has 0 rings (SSSR count). The molecule has 0 aromatic carbocycles. The molecule has 0 atom stereocenters. The lowest BCUT2D eigenvalue weighted by atomic mass is 10.1. The van der Waals surface area contributed by atoms with E-state index >= 15 is 0 Å². The van der Waals surface area contributed by atoms with Crippen molar-refractivity contribution in [1.82, 2.24) is 0 Å². The zero-order valence-electron chi connectivity index (χ0n) is 13.5. The van der Waals surface area contributed by atoms with Gasteiger partial charge >= 0.3 is 0 Å². The molecule has 0 amide bonds. The van der Waals surface area contributed by atoms with Crippen LogP contribution in [0.1, 0.15) is 97.3 Å². The number of hydrogen-bond donors (Lipinski definition) is 0. The van der Waals surface area contributed by atoms with E-state index in [0.717, 1.165) is 0 Å². The maximum Gasteiger partial charge on any atom is -0.0348 e. The third-order valence-corrected chi connectivity index (χ3v) is 3.58. The van der Waals surface area contributed by atoms with Crippen molar-refractivity contribution in [2.75, 3.05) is 0 Å². The predicted molar refractivity (Wildman–Crippen MR) is 89.6 cm³/mol. The smallest absolute Gasteiger partial charge is 0.0348 e. The van der Waals surface area contributed by atoms with Gasteiger partial charge in [0, 0.05) is 0 Å². The van der Waals surface area contributed by atoms with Crippen molar-refractivity contribution in [2.45, 2.75) is 97.3 Å². The molecule has 0 aliphatic heterocycles. The van der Waals surface area contributed by atoms with Crippen molar-refractivity contribution >= 4 is 0 Å². The highest BCUT2D eigenvalue weighted by Gasteiger charge is 1.90. The Morgan fingerprint density at radius 1 is 0.474 bits per heavy atom. The Hall–Kier alpha value is -0.520. The second-order valence-corrected chi connectivity index (χ2v) is 5.62. The van der Waals surface area contributed by atoms with E-state index in [4.69, 9.17) is 0 Å². The largest absolute Gasteiger partial charge is 0.0845 e. The first kappa shape index (κ1) is 18.5. The van der Waals surface area contributed by atoms with Crippen LogP contribution in [0.25, 0.3) is 0 Å². The first-order chi connectivity index (χ1) is 9.41. The second-order valence-electron chi connectivity index (χ2n) is 5.62. The van der Waals surface area contributed by atoms with E-state index < -0.39 is 0 Å². The first-order valence-electron chi connectivity index (χ1n) is 8.73. The Labute approximate surface area is 122 Å². The van der Waals surface area contributed by atoms with Crippen molar-refractivity contribution in [2.24, 2.45) is 0 Å². The van der Waals surface area contributed by atoms with Crippen LogP contribution in [0.4, 0.5) is 0 Å². The highest BCUT2D eigenvalue weighted by molar-refractivity contribution is 5.02. The van der Waals surface area contributed by atoms with Crippen molar-refractivity contribution in [3.8, 4) is 0 Å². The normalized spacial score (nSPS) is 11.9. The van der Waals surface area contributed by atoms with E-state index in [-0.39, 0.29) is 0 Å². The highest BCUT2D eigenvalue weighted by atomic mass is 14.0. The van der Waals surface area contributed by atoms with Gasteiger partial charge in [-0.25, -0.2) is 0 Å². The molecule has 0 aliphatic carbocycles. The summed E-state index contributed by atoms with van der Waals surface area (Å²) in [4.78, 5) is 0. The van der Waals surface area contributed by atoms with E-state index in [2.05, 4.69) is 38.2 Å². The molecule has 0 nitrogen and oxygen atoms in total. The molecule has 112 valence electrons. The minimum atomic E-state index is 1.25. The molecule has 0 N–H and O–H groups in total. The average molecular weight is 264 g/mol. The van der Waals surface area contributed by atoms with Crippen LogP contribution in [0, 0.1) is 0 Å². The summed E-state index contributed by atoms with van der Waals surface area (Å²) in [7, 11) is 0. The molecular weight excluding hydrogens is 228 g/mol. The Morgan fingerprint density at radius 3 is 1.37 bits per heavy atom. The molecule has 0 fully saturated rings. The van der Waals surface area contributed by atoms with Crippen molar-refractivity contribution in [3.05, 3.63) is 24.3 Å². The molecule has 19 heavy (non-hydrogen) atoms. The van der Waals surface area contributed by atoms with Gasteiger partial charge in [0.25, 0.3) is 0 Å². The van der Waals surface area contributed by atoms with Gasteiger partial charge in [0.2, 0.25) is 0 Å². The topological polar surface area (TPSA) is 0 Å². The van der Waals surface area contributed by atoms with Crippen LogP contribution in [0.3, 0.4) is 0 Å². The molecule has 0 saturated heterocycles. The lowest BCUT2D eigenvalue weighted by Crippen LogP contribution is -1.79. The van der Waals surface area contributed by atoms with Crippen LogP contribution in [0.2, 0.25) is 0 Å². The number of rotatable bonds is 14. The van der Waals surface area contributed by atoms with Crippen LogP contribution >= 0.6 is 0 Å². The van der Waals surface area contributed by atoms with Gasteiger partial charge in [-0.1, -0.05) is 95.9 Å². The fourth-order valence-corrected chi connectivity index (χ4v) is 2.26. The third kappa shape index (κ3) is 17.5. The summed E-state index contributed by atoms with van der Waals surface area (Å²) in [6.45, 7) is 4.54. The molecule has 0 heterocycles. The summed E-state index contributed by atoms with van der Waals surface area (Å²) in [6.07, 6.45) is 27.0. The second kappa shape index (κ2) is 17.5. The van der Waals surface area contributed by atoms with E-state index in [1.165, 1.54) is 83.5 Å². The quantitative estimate of drug-likeness (QED) is 0.230. The molecule has 0 unspecified atom stereocenters. The van der Waals surface area contributed by atoms with E-state index in [0.29, 0.717) is 0 Å². The number of allylic oxidation sites excluding steroid dienone is 4. The highest BCUT2D eigenvalue weighted by Crippen LogP contribution is 2.09. The SMILES string of the molecule is CCCCCC=CC=CCCCCCCCCCC. The van der Waals surface area contributed by atoms with Gasteiger partial charge in [-0.15, -0.1) is 0 Å². The number of hydrogen-bond acceptors (Lipinski definition) is 0. The summed E-state index contributed by atoms with van der Waals surface area (Å²) in [5.41, 5.74) is 0. The van der Waals surface area contributed by atoms with E-state index in [1.807, 2.05) is 0 Å². The first-order valence-corrected chi connectivity index (χ1v) is 8.73. The van der Waals surface area contributed by atoms with Gasteiger partial charge in [-0.05, 0) is 25.7 Å². The lowest BCUT2D eigenvalue weighted by Gasteiger charge is -1.99. The molecule has 0 bridgehead atoms. The van der Waals surface area contributed by atoms with Crippen molar-refractivity contribution < 1.29 is 0 Å². The molecule has 0 aromatic rings. The molecule has 0 saturated carbocycles. The van der Waals surface area contributed by atoms with Crippen LogP contribution in [-0.4, -0.2) is 0 Å². The number of unbranched alkanes of at least 4 members (excludes halogenated alkanes) is 11. The van der Waals surface area contributed by atoms with Crippen molar-refractivity contribution in [3.63, 3.8) is 0 Å². The molecule has 0 aliphatic rings. The molecular formula is C19H36. The Morgan fingerprint density at radius 2 is 0.842 bits per heavy atom. The zero-order valence-corrected chi connectivity index (χ0v) is 13.5. The predicted octanol–water partition coefficient (Wildman–Crippen LogP) is 7.21. The molecule has 0 spiro atoms. The van der Waals surface area contributed by atoms with Gasteiger partial charge in [0.05, 0.1) is 0 Å². The minimum absolute atomic E-state index is 1.25. The van der Waals surface area contributed by atoms with E-state index in [9.17, 15) is 0 Å². The van der Waals surface area contributed by atoms with Gasteiger partial charge in [-0.3, -0.25) is 0 Å². The van der Waals surface area contributed by atoms with Gasteiger partial charge < -0.3 is 0 Å². The maximum atomic E-state index is 2.33. The maximum absolute atomic E-state index is 2.33. The van der Waals surface area contributed by atoms with Crippen LogP contribution in [0.5, 0.6) is 0 Å².